The number of fused-ring (bicyclic) bond motifs is 3. The first-order valence-electron chi connectivity index (χ1n) is 11.1. The Morgan fingerprint density at radius 1 is 1.33 bits per heavy atom. The van der Waals surface area contributed by atoms with E-state index in [0.717, 1.165) is 48.9 Å². The van der Waals surface area contributed by atoms with Crippen LogP contribution >= 0.6 is 23.1 Å². The molecule has 0 aromatic carbocycles. The minimum absolute atomic E-state index is 0.0420. The second-order valence-electron chi connectivity index (χ2n) is 8.33. The molecule has 2 aromatic heterocycles. The number of thiophene rings is 1. The van der Waals surface area contributed by atoms with Crippen LogP contribution in [0.15, 0.2) is 9.95 Å². The van der Waals surface area contributed by atoms with Crippen molar-refractivity contribution in [2.45, 2.75) is 70.7 Å². The van der Waals surface area contributed by atoms with E-state index >= 15 is 0 Å². The summed E-state index contributed by atoms with van der Waals surface area (Å²) in [7, 11) is 0. The molecule has 0 bridgehead atoms. The van der Waals surface area contributed by atoms with Crippen LogP contribution in [-0.4, -0.2) is 51.9 Å². The second kappa shape index (κ2) is 9.40. The SMILES string of the molecule is CCN(CC)C(=O)CSc1nc2sc3c(c2c(=O)n1C[C@@H]1CCCO1)CC[C@H](C)C3. The Morgan fingerprint density at radius 2 is 2.13 bits per heavy atom. The predicted molar refractivity (Wildman–Crippen MR) is 123 cm³/mol. The minimum atomic E-state index is 0.0420. The van der Waals surface area contributed by atoms with Gasteiger partial charge in [0.05, 0.1) is 23.8 Å². The molecule has 0 N–H and O–H groups in total. The molecule has 0 spiro atoms. The molecule has 1 amide bonds. The number of aryl methyl sites for hydroxylation is 1. The Labute approximate surface area is 186 Å². The molecular weight excluding hydrogens is 418 g/mol. The first-order valence-corrected chi connectivity index (χ1v) is 12.9. The highest BCUT2D eigenvalue weighted by molar-refractivity contribution is 7.99. The molecule has 1 fully saturated rings. The first kappa shape index (κ1) is 21.8. The lowest BCUT2D eigenvalue weighted by molar-refractivity contribution is -0.127. The normalized spacial score (nSPS) is 21.2. The van der Waals surface area contributed by atoms with E-state index in [0.29, 0.717) is 36.5 Å². The third-order valence-electron chi connectivity index (χ3n) is 6.23. The summed E-state index contributed by atoms with van der Waals surface area (Å²) in [6.07, 6.45) is 5.16. The fraction of sp³-hybridized carbons (Fsp3) is 0.682. The van der Waals surface area contributed by atoms with Crippen LogP contribution in [-0.2, 0) is 28.9 Å². The molecule has 0 saturated carbocycles. The van der Waals surface area contributed by atoms with Gasteiger partial charge in [-0.15, -0.1) is 11.3 Å². The summed E-state index contributed by atoms with van der Waals surface area (Å²) >= 11 is 3.05. The fourth-order valence-electron chi connectivity index (χ4n) is 4.46. The highest BCUT2D eigenvalue weighted by Crippen LogP contribution is 2.36. The number of thioether (sulfide) groups is 1. The lowest BCUT2D eigenvalue weighted by Gasteiger charge is -2.20. The van der Waals surface area contributed by atoms with Gasteiger partial charge in [0, 0.05) is 24.6 Å². The van der Waals surface area contributed by atoms with Gasteiger partial charge in [-0.25, -0.2) is 4.98 Å². The van der Waals surface area contributed by atoms with Crippen molar-refractivity contribution in [3.63, 3.8) is 0 Å². The van der Waals surface area contributed by atoms with Gasteiger partial charge in [-0.3, -0.25) is 14.2 Å². The van der Waals surface area contributed by atoms with Crippen molar-refractivity contribution in [3.05, 3.63) is 20.8 Å². The molecule has 0 radical (unpaired) electrons. The maximum absolute atomic E-state index is 13.6. The molecule has 2 atom stereocenters. The Morgan fingerprint density at radius 3 is 2.83 bits per heavy atom. The number of rotatable bonds is 7. The topological polar surface area (TPSA) is 64.4 Å². The van der Waals surface area contributed by atoms with Crippen LogP contribution in [0.1, 0.15) is 50.5 Å². The van der Waals surface area contributed by atoms with Crippen LogP contribution in [0.5, 0.6) is 0 Å². The summed E-state index contributed by atoms with van der Waals surface area (Å²) in [5.74, 6) is 1.04. The number of hydrogen-bond acceptors (Lipinski definition) is 6. The van der Waals surface area contributed by atoms with Gasteiger partial charge in [0.2, 0.25) is 5.91 Å². The van der Waals surface area contributed by atoms with Crippen molar-refractivity contribution in [3.8, 4) is 0 Å². The first-order chi connectivity index (χ1) is 14.5. The zero-order chi connectivity index (χ0) is 21.3. The third kappa shape index (κ3) is 4.32. The Hall–Kier alpha value is -1.38. The van der Waals surface area contributed by atoms with E-state index in [1.54, 1.807) is 15.9 Å². The summed E-state index contributed by atoms with van der Waals surface area (Å²) < 4.78 is 7.60. The fourth-order valence-corrected chi connectivity index (χ4v) is 6.80. The van der Waals surface area contributed by atoms with Crippen LogP contribution in [0.4, 0.5) is 0 Å². The molecule has 1 aliphatic carbocycles. The van der Waals surface area contributed by atoms with Crippen molar-refractivity contribution >= 4 is 39.2 Å². The van der Waals surface area contributed by atoms with E-state index in [-0.39, 0.29) is 17.6 Å². The molecule has 2 aromatic rings. The number of carbonyl (C=O) groups excluding carboxylic acids is 1. The van der Waals surface area contributed by atoms with Crippen LogP contribution in [0.2, 0.25) is 0 Å². The molecule has 0 unspecified atom stereocenters. The minimum Gasteiger partial charge on any atom is -0.376 e. The Balaban J connectivity index is 1.71. The van der Waals surface area contributed by atoms with E-state index in [1.165, 1.54) is 22.2 Å². The molecule has 6 nitrogen and oxygen atoms in total. The lowest BCUT2D eigenvalue weighted by atomic mass is 9.89. The van der Waals surface area contributed by atoms with Crippen molar-refractivity contribution in [2.75, 3.05) is 25.4 Å². The van der Waals surface area contributed by atoms with E-state index in [9.17, 15) is 9.59 Å². The molecule has 3 heterocycles. The van der Waals surface area contributed by atoms with Crippen LogP contribution in [0.25, 0.3) is 10.2 Å². The van der Waals surface area contributed by atoms with Crippen molar-refractivity contribution < 1.29 is 9.53 Å². The second-order valence-corrected chi connectivity index (χ2v) is 10.4. The summed E-state index contributed by atoms with van der Waals surface area (Å²) in [6.45, 7) is 8.91. The van der Waals surface area contributed by atoms with Crippen LogP contribution in [0, 0.1) is 5.92 Å². The number of ether oxygens (including phenoxy) is 1. The molecule has 1 saturated heterocycles. The number of aromatic nitrogens is 2. The number of nitrogens with zero attached hydrogens (tertiary/aromatic N) is 3. The average Bonchev–Trinajstić information content (AvgIpc) is 3.36. The Kier molecular flexibility index (Phi) is 6.85. The number of hydrogen-bond donors (Lipinski definition) is 0. The molecule has 1 aliphatic heterocycles. The largest absolute Gasteiger partial charge is 0.376 e. The standard InChI is InChI=1S/C22H31N3O3S2/c1-4-24(5-2)18(26)13-29-22-23-20-19(16-9-8-14(3)11-17(16)30-20)21(27)25(22)12-15-7-6-10-28-15/h14-15H,4-13H2,1-3H3/t14-,15-/m0/s1. The quantitative estimate of drug-likeness (QED) is 0.476. The van der Waals surface area contributed by atoms with Gasteiger partial charge >= 0.3 is 0 Å². The highest BCUT2D eigenvalue weighted by atomic mass is 32.2. The van der Waals surface area contributed by atoms with Gasteiger partial charge in [0.25, 0.3) is 5.56 Å². The maximum atomic E-state index is 13.6. The number of carbonyl (C=O) groups is 1. The molecule has 2 aliphatic rings. The molecule has 4 rings (SSSR count). The summed E-state index contributed by atoms with van der Waals surface area (Å²) in [5, 5.41) is 1.45. The zero-order valence-electron chi connectivity index (χ0n) is 18.1. The van der Waals surface area contributed by atoms with Gasteiger partial charge in [-0.05, 0) is 57.4 Å². The monoisotopic (exact) mass is 449 g/mol. The molecular formula is C22H31N3O3S2. The molecule has 164 valence electrons. The molecule has 8 heteroatoms. The van der Waals surface area contributed by atoms with Gasteiger partial charge in [0.1, 0.15) is 4.83 Å². The smallest absolute Gasteiger partial charge is 0.263 e. The van der Waals surface area contributed by atoms with Crippen molar-refractivity contribution in [2.24, 2.45) is 5.92 Å². The average molecular weight is 450 g/mol. The van der Waals surface area contributed by atoms with Gasteiger partial charge in [-0.1, -0.05) is 18.7 Å². The molecule has 30 heavy (non-hydrogen) atoms. The number of amides is 1. The van der Waals surface area contributed by atoms with Crippen molar-refractivity contribution in [1.82, 2.24) is 14.5 Å². The summed E-state index contributed by atoms with van der Waals surface area (Å²) in [5.41, 5.74) is 1.25. The third-order valence-corrected chi connectivity index (χ3v) is 8.34. The van der Waals surface area contributed by atoms with Gasteiger partial charge in [0.15, 0.2) is 5.16 Å². The van der Waals surface area contributed by atoms with E-state index in [2.05, 4.69) is 6.92 Å². The van der Waals surface area contributed by atoms with Crippen LogP contribution < -0.4 is 5.56 Å². The van der Waals surface area contributed by atoms with E-state index in [4.69, 9.17) is 9.72 Å². The summed E-state index contributed by atoms with van der Waals surface area (Å²) in [6, 6.07) is 0. The summed E-state index contributed by atoms with van der Waals surface area (Å²) in [4.78, 5) is 35.0. The van der Waals surface area contributed by atoms with Crippen LogP contribution in [0.3, 0.4) is 0 Å². The Bertz CT molecular complexity index is 974. The van der Waals surface area contributed by atoms with Crippen molar-refractivity contribution in [1.29, 1.82) is 0 Å². The van der Waals surface area contributed by atoms with Gasteiger partial charge in [-0.2, -0.15) is 0 Å². The van der Waals surface area contributed by atoms with E-state index < -0.39 is 0 Å². The lowest BCUT2D eigenvalue weighted by Crippen LogP contribution is -2.33. The maximum Gasteiger partial charge on any atom is 0.263 e. The van der Waals surface area contributed by atoms with Gasteiger partial charge < -0.3 is 9.64 Å². The van der Waals surface area contributed by atoms with E-state index in [1.807, 2.05) is 18.7 Å². The zero-order valence-corrected chi connectivity index (χ0v) is 19.7. The highest BCUT2D eigenvalue weighted by Gasteiger charge is 2.26. The predicted octanol–water partition coefficient (Wildman–Crippen LogP) is 3.72.